The fraction of sp³-hybridized carbons (Fsp3) is 0.273. The number of nitrogens with one attached hydrogen (secondary N) is 1. The topological polar surface area (TPSA) is 95.4 Å². The van der Waals surface area contributed by atoms with E-state index < -0.39 is 0 Å². The van der Waals surface area contributed by atoms with Gasteiger partial charge in [0, 0.05) is 23.9 Å². The number of aromatic nitrogens is 2. The molecule has 7 nitrogen and oxygen atoms in total. The maximum absolute atomic E-state index is 5.38. The first-order chi connectivity index (χ1) is 8.75. The van der Waals surface area contributed by atoms with Crippen molar-refractivity contribution < 1.29 is 13.9 Å². The molecule has 0 unspecified atom stereocenters. The van der Waals surface area contributed by atoms with Crippen molar-refractivity contribution in [1.29, 1.82) is 0 Å². The molecule has 0 spiro atoms. The van der Waals surface area contributed by atoms with Crippen LogP contribution in [0.15, 0.2) is 22.6 Å². The minimum Gasteiger partial charge on any atom is -0.497 e. The molecule has 0 aliphatic rings. The Morgan fingerprint density at radius 2 is 1.83 bits per heavy atom. The first kappa shape index (κ1) is 12.2. The Labute approximate surface area is 104 Å². The summed E-state index contributed by atoms with van der Waals surface area (Å²) in [4.78, 5) is 0. The molecule has 0 saturated heterocycles. The van der Waals surface area contributed by atoms with Gasteiger partial charge in [0.05, 0.1) is 20.8 Å². The van der Waals surface area contributed by atoms with Crippen LogP contribution < -0.4 is 20.5 Å². The van der Waals surface area contributed by atoms with Crippen LogP contribution in [0.4, 0.5) is 11.7 Å². The molecule has 1 heterocycles. The van der Waals surface area contributed by atoms with E-state index in [0.717, 1.165) is 5.69 Å². The summed E-state index contributed by atoms with van der Waals surface area (Å²) in [6, 6.07) is 5.61. The van der Waals surface area contributed by atoms with Gasteiger partial charge in [-0.3, -0.25) is 0 Å². The Hall–Kier alpha value is -2.28. The molecule has 7 heteroatoms. The Bertz CT molecular complexity index is 505. The zero-order chi connectivity index (χ0) is 13.0. The number of hydrogen-bond acceptors (Lipinski definition) is 7. The molecule has 0 aliphatic heterocycles. The molecule has 1 aromatic carbocycles. The SMILES string of the molecule is COc1cc(Nc2nnc(CN)o2)cc(OC)c1. The molecular formula is C11H14N4O3. The predicted octanol–water partition coefficient (Wildman–Crippen LogP) is 1.29. The minimum atomic E-state index is 0.204. The van der Waals surface area contributed by atoms with Crippen LogP contribution in [0, 0.1) is 0 Å². The molecule has 0 atom stereocenters. The van der Waals surface area contributed by atoms with Gasteiger partial charge in [0.1, 0.15) is 11.5 Å². The van der Waals surface area contributed by atoms with Crippen molar-refractivity contribution in [1.82, 2.24) is 10.2 Å². The standard InChI is InChI=1S/C11H14N4O3/c1-16-8-3-7(4-9(5-8)17-2)13-11-15-14-10(6-12)18-11/h3-5H,6,12H2,1-2H3,(H,13,15). The lowest BCUT2D eigenvalue weighted by Gasteiger charge is -2.08. The van der Waals surface area contributed by atoms with Crippen molar-refractivity contribution in [3.63, 3.8) is 0 Å². The molecular weight excluding hydrogens is 236 g/mol. The molecule has 3 N–H and O–H groups in total. The third-order valence-corrected chi connectivity index (χ3v) is 2.24. The van der Waals surface area contributed by atoms with Crippen molar-refractivity contribution in [2.45, 2.75) is 6.54 Å². The maximum Gasteiger partial charge on any atom is 0.320 e. The van der Waals surface area contributed by atoms with Crippen LogP contribution in [0.3, 0.4) is 0 Å². The number of hydrogen-bond donors (Lipinski definition) is 2. The maximum atomic E-state index is 5.38. The zero-order valence-corrected chi connectivity index (χ0v) is 10.1. The average Bonchev–Trinajstić information content (AvgIpc) is 2.85. The van der Waals surface area contributed by atoms with Gasteiger partial charge in [-0.1, -0.05) is 5.10 Å². The summed E-state index contributed by atoms with van der Waals surface area (Å²) in [6.45, 7) is 0.204. The van der Waals surface area contributed by atoms with Crippen LogP contribution in [0.1, 0.15) is 5.89 Å². The van der Waals surface area contributed by atoms with Gasteiger partial charge < -0.3 is 24.9 Å². The van der Waals surface area contributed by atoms with Crippen LogP contribution in [0.5, 0.6) is 11.5 Å². The molecule has 2 rings (SSSR count). The highest BCUT2D eigenvalue weighted by molar-refractivity contribution is 5.58. The number of rotatable bonds is 5. The van der Waals surface area contributed by atoms with E-state index in [4.69, 9.17) is 19.6 Å². The van der Waals surface area contributed by atoms with Gasteiger partial charge in [-0.2, -0.15) is 0 Å². The van der Waals surface area contributed by atoms with Crippen molar-refractivity contribution in [3.8, 4) is 11.5 Å². The zero-order valence-electron chi connectivity index (χ0n) is 10.1. The van der Waals surface area contributed by atoms with Gasteiger partial charge in [0.25, 0.3) is 0 Å². The molecule has 0 aliphatic carbocycles. The molecule has 2 aromatic rings. The Kier molecular flexibility index (Phi) is 3.63. The third-order valence-electron chi connectivity index (χ3n) is 2.24. The van der Waals surface area contributed by atoms with Crippen LogP contribution in [-0.4, -0.2) is 24.4 Å². The second kappa shape index (κ2) is 5.37. The Balaban J connectivity index is 2.22. The summed E-state index contributed by atoms with van der Waals surface area (Å²) in [7, 11) is 3.16. The number of methoxy groups -OCH3 is 2. The summed E-state index contributed by atoms with van der Waals surface area (Å²) in [5, 5.41) is 10.5. The van der Waals surface area contributed by atoms with Crippen molar-refractivity contribution in [3.05, 3.63) is 24.1 Å². The third kappa shape index (κ3) is 2.69. The lowest BCUT2D eigenvalue weighted by Crippen LogP contribution is -1.95. The molecule has 96 valence electrons. The van der Waals surface area contributed by atoms with E-state index in [1.807, 2.05) is 0 Å². The lowest BCUT2D eigenvalue weighted by molar-refractivity contribution is 0.394. The van der Waals surface area contributed by atoms with Crippen molar-refractivity contribution in [2.24, 2.45) is 5.73 Å². The number of nitrogens with zero attached hydrogens (tertiary/aromatic N) is 2. The molecule has 0 fully saturated rings. The molecule has 0 amide bonds. The second-order valence-electron chi connectivity index (χ2n) is 3.43. The summed E-state index contributed by atoms with van der Waals surface area (Å²) in [6.07, 6.45) is 0. The van der Waals surface area contributed by atoms with Crippen LogP contribution >= 0.6 is 0 Å². The fourth-order valence-electron chi connectivity index (χ4n) is 1.39. The normalized spacial score (nSPS) is 10.2. The number of anilines is 2. The Morgan fingerprint density at radius 1 is 1.17 bits per heavy atom. The molecule has 0 saturated carbocycles. The number of nitrogens with two attached hydrogens (primary N) is 1. The van der Waals surface area contributed by atoms with Crippen LogP contribution in [0.2, 0.25) is 0 Å². The quantitative estimate of drug-likeness (QED) is 0.825. The summed E-state index contributed by atoms with van der Waals surface area (Å²) >= 11 is 0. The number of ether oxygens (including phenoxy) is 2. The first-order valence-electron chi connectivity index (χ1n) is 5.27. The molecule has 0 radical (unpaired) electrons. The van der Waals surface area contributed by atoms with Crippen molar-refractivity contribution in [2.75, 3.05) is 19.5 Å². The summed E-state index contributed by atoms with van der Waals surface area (Å²) in [5.74, 6) is 1.69. The van der Waals surface area contributed by atoms with E-state index in [1.54, 1.807) is 32.4 Å². The number of benzene rings is 1. The highest BCUT2D eigenvalue weighted by Crippen LogP contribution is 2.27. The van der Waals surface area contributed by atoms with Gasteiger partial charge in [-0.25, -0.2) is 0 Å². The molecule has 18 heavy (non-hydrogen) atoms. The van der Waals surface area contributed by atoms with Gasteiger partial charge in [0.2, 0.25) is 5.89 Å². The van der Waals surface area contributed by atoms with E-state index >= 15 is 0 Å². The van der Waals surface area contributed by atoms with Gasteiger partial charge in [0.15, 0.2) is 0 Å². The largest absolute Gasteiger partial charge is 0.497 e. The van der Waals surface area contributed by atoms with Gasteiger partial charge >= 0.3 is 6.01 Å². The molecule has 0 bridgehead atoms. The lowest BCUT2D eigenvalue weighted by atomic mass is 10.3. The van der Waals surface area contributed by atoms with E-state index in [2.05, 4.69) is 15.5 Å². The predicted molar refractivity (Wildman–Crippen MR) is 65.0 cm³/mol. The van der Waals surface area contributed by atoms with Gasteiger partial charge in [-0.15, -0.1) is 5.10 Å². The minimum absolute atomic E-state index is 0.204. The second-order valence-corrected chi connectivity index (χ2v) is 3.43. The van der Waals surface area contributed by atoms with E-state index in [9.17, 15) is 0 Å². The summed E-state index contributed by atoms with van der Waals surface area (Å²) < 4.78 is 15.6. The average molecular weight is 250 g/mol. The smallest absolute Gasteiger partial charge is 0.320 e. The highest BCUT2D eigenvalue weighted by atomic mass is 16.5. The summed E-state index contributed by atoms with van der Waals surface area (Å²) in [5.41, 5.74) is 6.10. The molecule has 1 aromatic heterocycles. The Morgan fingerprint density at radius 3 is 2.33 bits per heavy atom. The van der Waals surface area contributed by atoms with Crippen molar-refractivity contribution >= 4 is 11.7 Å². The first-order valence-corrected chi connectivity index (χ1v) is 5.27. The van der Waals surface area contributed by atoms with E-state index in [-0.39, 0.29) is 12.6 Å². The monoisotopic (exact) mass is 250 g/mol. The van der Waals surface area contributed by atoms with Gasteiger partial charge in [-0.05, 0) is 0 Å². The fourth-order valence-corrected chi connectivity index (χ4v) is 1.39. The van der Waals surface area contributed by atoms with Crippen LogP contribution in [0.25, 0.3) is 0 Å². The van der Waals surface area contributed by atoms with E-state index in [1.165, 1.54) is 0 Å². The van der Waals surface area contributed by atoms with E-state index in [0.29, 0.717) is 17.4 Å². The highest BCUT2D eigenvalue weighted by Gasteiger charge is 2.07. The van der Waals surface area contributed by atoms with Crippen LogP contribution in [-0.2, 0) is 6.54 Å².